The molecule has 0 aromatic carbocycles. The van der Waals surface area contributed by atoms with Crippen molar-refractivity contribution in [2.24, 2.45) is 0 Å². The van der Waals surface area contributed by atoms with Crippen LogP contribution in [-0.2, 0) is 28.6 Å². The van der Waals surface area contributed by atoms with Gasteiger partial charge < -0.3 is 14.2 Å². The van der Waals surface area contributed by atoms with E-state index in [0.717, 1.165) is 109 Å². The van der Waals surface area contributed by atoms with Gasteiger partial charge in [-0.25, -0.2) is 0 Å². The summed E-state index contributed by atoms with van der Waals surface area (Å²) in [7, 11) is 0. The predicted octanol–water partition coefficient (Wildman–Crippen LogP) is 16.6. The molecule has 0 N–H and O–H groups in total. The molecule has 0 bridgehead atoms. The van der Waals surface area contributed by atoms with E-state index in [1.54, 1.807) is 0 Å². The molecule has 0 aliphatic rings. The van der Waals surface area contributed by atoms with Gasteiger partial charge in [0.15, 0.2) is 6.10 Å². The highest BCUT2D eigenvalue weighted by atomic mass is 16.6. The van der Waals surface area contributed by atoms with E-state index in [9.17, 15) is 14.4 Å². The molecule has 62 heavy (non-hydrogen) atoms. The number of unbranched alkanes of at least 4 members (excludes halogenated alkanes) is 18. The van der Waals surface area contributed by atoms with E-state index in [4.69, 9.17) is 14.2 Å². The molecule has 0 aromatic heterocycles. The van der Waals surface area contributed by atoms with Crippen molar-refractivity contribution >= 4 is 17.9 Å². The summed E-state index contributed by atoms with van der Waals surface area (Å²) in [5, 5.41) is 0. The Morgan fingerprint density at radius 2 is 0.694 bits per heavy atom. The molecule has 0 radical (unpaired) electrons. The molecule has 6 heteroatoms. The first-order valence-corrected chi connectivity index (χ1v) is 25.3. The zero-order chi connectivity index (χ0) is 45.1. The molecule has 0 fully saturated rings. The Balaban J connectivity index is 4.52. The van der Waals surface area contributed by atoms with Crippen LogP contribution in [0, 0.1) is 0 Å². The van der Waals surface area contributed by atoms with Gasteiger partial charge in [0.1, 0.15) is 13.2 Å². The monoisotopic (exact) mass is 861 g/mol. The molecule has 0 saturated carbocycles. The van der Waals surface area contributed by atoms with Crippen molar-refractivity contribution in [3.63, 3.8) is 0 Å². The Bertz CT molecular complexity index is 1260. The fraction of sp³-hybridized carbons (Fsp3) is 0.661. The zero-order valence-electron chi connectivity index (χ0n) is 40.1. The van der Waals surface area contributed by atoms with E-state index in [0.29, 0.717) is 19.3 Å². The largest absolute Gasteiger partial charge is 0.462 e. The van der Waals surface area contributed by atoms with Gasteiger partial charge in [-0.2, -0.15) is 0 Å². The van der Waals surface area contributed by atoms with E-state index in [2.05, 4.69) is 118 Å². The maximum atomic E-state index is 12.8. The van der Waals surface area contributed by atoms with Gasteiger partial charge in [-0.05, 0) is 109 Å². The highest BCUT2D eigenvalue weighted by molar-refractivity contribution is 5.71. The first-order chi connectivity index (χ1) is 30.5. The fourth-order valence-corrected chi connectivity index (χ4v) is 6.52. The molecule has 6 nitrogen and oxygen atoms in total. The number of allylic oxidation sites excluding steroid dienone is 16. The number of carbonyl (C=O) groups is 3. The average molecular weight is 861 g/mol. The third-order valence-electron chi connectivity index (χ3n) is 10.3. The van der Waals surface area contributed by atoms with Gasteiger partial charge in [0, 0.05) is 19.3 Å². The maximum Gasteiger partial charge on any atom is 0.306 e. The standard InChI is InChI=1S/C56H92O6/c1-4-7-10-13-16-19-22-25-27-28-30-31-34-37-40-43-46-49-55(58)61-52-53(51-60-54(57)48-45-42-39-36-33-24-21-18-15-12-9-6-3)62-56(59)50-47-44-41-38-35-32-29-26-23-20-17-14-11-8-5-2/h9,12,16-21,23,25-27,30-31,37,40,53H,4-8,10-11,13-15,22,24,28-29,32-36,38-39,41-52H2,1-3H3/b12-9-,19-16-,20-17-,21-18-,26-23-,27-25-,31-30-,40-37-. The molecule has 1 unspecified atom stereocenters. The van der Waals surface area contributed by atoms with Crippen molar-refractivity contribution in [2.45, 2.75) is 226 Å². The van der Waals surface area contributed by atoms with Crippen molar-refractivity contribution in [1.82, 2.24) is 0 Å². The smallest absolute Gasteiger partial charge is 0.306 e. The summed E-state index contributed by atoms with van der Waals surface area (Å²) in [5.41, 5.74) is 0. The van der Waals surface area contributed by atoms with Crippen LogP contribution in [0.4, 0.5) is 0 Å². The van der Waals surface area contributed by atoms with Crippen molar-refractivity contribution < 1.29 is 28.6 Å². The van der Waals surface area contributed by atoms with Crippen LogP contribution >= 0.6 is 0 Å². The Hall–Kier alpha value is -3.67. The van der Waals surface area contributed by atoms with Crippen molar-refractivity contribution in [2.75, 3.05) is 13.2 Å². The zero-order valence-corrected chi connectivity index (χ0v) is 40.1. The molecule has 0 heterocycles. The molecule has 0 rings (SSSR count). The summed E-state index contributed by atoms with van der Waals surface area (Å²) in [6.45, 7) is 6.38. The van der Waals surface area contributed by atoms with Gasteiger partial charge in [0.05, 0.1) is 0 Å². The SMILES string of the molecule is CC/C=C\C/C=C\CCCCCCCC(=O)OCC(COC(=O)CCC/C=C\C/C=C\C/C=C\C/C=C\CCCCC)OC(=O)CCCCCCCC/C=C\C=C/CCCCC. The van der Waals surface area contributed by atoms with Crippen LogP contribution in [0.15, 0.2) is 97.2 Å². The lowest BCUT2D eigenvalue weighted by molar-refractivity contribution is -0.167. The molecular weight excluding hydrogens is 769 g/mol. The molecule has 0 amide bonds. The topological polar surface area (TPSA) is 78.9 Å². The van der Waals surface area contributed by atoms with Gasteiger partial charge in [0.25, 0.3) is 0 Å². The van der Waals surface area contributed by atoms with E-state index >= 15 is 0 Å². The second-order valence-corrected chi connectivity index (χ2v) is 16.4. The molecule has 0 aromatic rings. The van der Waals surface area contributed by atoms with Crippen LogP contribution in [0.25, 0.3) is 0 Å². The summed E-state index contributed by atoms with van der Waals surface area (Å²) < 4.78 is 16.7. The highest BCUT2D eigenvalue weighted by Crippen LogP contribution is 2.13. The normalized spacial score (nSPS) is 12.9. The number of carbonyl (C=O) groups excluding carboxylic acids is 3. The summed E-state index contributed by atoms with van der Waals surface area (Å²) >= 11 is 0. The third kappa shape index (κ3) is 47.4. The fourth-order valence-electron chi connectivity index (χ4n) is 6.52. The summed E-state index contributed by atoms with van der Waals surface area (Å²) in [6.07, 6.45) is 65.3. The van der Waals surface area contributed by atoms with Crippen molar-refractivity contribution in [3.05, 3.63) is 97.2 Å². The van der Waals surface area contributed by atoms with E-state index in [-0.39, 0.29) is 37.5 Å². The minimum Gasteiger partial charge on any atom is -0.462 e. The van der Waals surface area contributed by atoms with Crippen LogP contribution in [0.3, 0.4) is 0 Å². The van der Waals surface area contributed by atoms with Crippen LogP contribution in [0.2, 0.25) is 0 Å². The second kappa shape index (κ2) is 50.0. The van der Waals surface area contributed by atoms with Crippen LogP contribution in [0.5, 0.6) is 0 Å². The lowest BCUT2D eigenvalue weighted by atomic mass is 10.1. The summed E-state index contributed by atoms with van der Waals surface area (Å²) in [4.78, 5) is 37.9. The Labute approximate surface area is 381 Å². The molecule has 352 valence electrons. The average Bonchev–Trinajstić information content (AvgIpc) is 3.27. The molecule has 0 aliphatic heterocycles. The predicted molar refractivity (Wildman–Crippen MR) is 265 cm³/mol. The molecular formula is C56H92O6. The Morgan fingerprint density at radius 3 is 1.15 bits per heavy atom. The molecule has 0 saturated heterocycles. The second-order valence-electron chi connectivity index (χ2n) is 16.4. The van der Waals surface area contributed by atoms with E-state index in [1.807, 2.05) is 0 Å². The minimum atomic E-state index is -0.811. The van der Waals surface area contributed by atoms with Crippen molar-refractivity contribution in [3.8, 4) is 0 Å². The number of rotatable bonds is 44. The van der Waals surface area contributed by atoms with Gasteiger partial charge in [-0.1, -0.05) is 189 Å². The van der Waals surface area contributed by atoms with E-state index in [1.165, 1.54) is 64.2 Å². The lowest BCUT2D eigenvalue weighted by Crippen LogP contribution is -2.30. The van der Waals surface area contributed by atoms with Crippen LogP contribution in [0.1, 0.15) is 220 Å². The number of hydrogen-bond acceptors (Lipinski definition) is 6. The summed E-state index contributed by atoms with van der Waals surface area (Å²) in [5.74, 6) is -0.997. The molecule has 1 atom stereocenters. The molecule has 0 spiro atoms. The lowest BCUT2D eigenvalue weighted by Gasteiger charge is -2.18. The Kier molecular flexibility index (Phi) is 47.0. The maximum absolute atomic E-state index is 12.8. The number of ether oxygens (including phenoxy) is 3. The van der Waals surface area contributed by atoms with Crippen molar-refractivity contribution in [1.29, 1.82) is 0 Å². The highest BCUT2D eigenvalue weighted by Gasteiger charge is 2.19. The molecule has 0 aliphatic carbocycles. The first-order valence-electron chi connectivity index (χ1n) is 25.3. The Morgan fingerprint density at radius 1 is 0.355 bits per heavy atom. The minimum absolute atomic E-state index is 0.108. The van der Waals surface area contributed by atoms with Gasteiger partial charge in [-0.3, -0.25) is 14.4 Å². The third-order valence-corrected chi connectivity index (χ3v) is 10.3. The number of hydrogen-bond donors (Lipinski definition) is 0. The van der Waals surface area contributed by atoms with Gasteiger partial charge in [-0.15, -0.1) is 0 Å². The quantitative estimate of drug-likeness (QED) is 0.0200. The first kappa shape index (κ1) is 58.3. The number of esters is 3. The van der Waals surface area contributed by atoms with Gasteiger partial charge >= 0.3 is 17.9 Å². The van der Waals surface area contributed by atoms with Gasteiger partial charge in [0.2, 0.25) is 0 Å². The summed E-state index contributed by atoms with van der Waals surface area (Å²) in [6, 6.07) is 0. The van der Waals surface area contributed by atoms with Crippen LogP contribution in [-0.4, -0.2) is 37.2 Å². The van der Waals surface area contributed by atoms with Crippen LogP contribution < -0.4 is 0 Å². The van der Waals surface area contributed by atoms with E-state index < -0.39 is 6.10 Å².